The lowest BCUT2D eigenvalue weighted by Gasteiger charge is -2.24. The van der Waals surface area contributed by atoms with Gasteiger partial charge in [-0.2, -0.15) is 0 Å². The highest BCUT2D eigenvalue weighted by Crippen LogP contribution is 2.31. The fraction of sp³-hybridized carbons (Fsp3) is 0.174. The fourth-order valence-corrected chi connectivity index (χ4v) is 5.05. The first-order valence-corrected chi connectivity index (χ1v) is 11.1. The Bertz CT molecular complexity index is 1420. The summed E-state index contributed by atoms with van der Waals surface area (Å²) < 4.78 is 12.2. The highest BCUT2D eigenvalue weighted by Gasteiger charge is 2.33. The van der Waals surface area contributed by atoms with Gasteiger partial charge < -0.3 is 9.47 Å². The third-order valence-electron chi connectivity index (χ3n) is 5.11. The van der Waals surface area contributed by atoms with Gasteiger partial charge in [0.2, 0.25) is 0 Å². The molecule has 1 aliphatic rings. The van der Waals surface area contributed by atoms with E-state index in [9.17, 15) is 9.59 Å². The average molecular weight is 489 g/mol. The summed E-state index contributed by atoms with van der Waals surface area (Å²) >= 11 is 13.5. The van der Waals surface area contributed by atoms with Crippen molar-refractivity contribution in [2.45, 2.75) is 13.0 Å². The zero-order chi connectivity index (χ0) is 23.0. The Morgan fingerprint density at radius 2 is 1.88 bits per heavy atom. The van der Waals surface area contributed by atoms with Crippen LogP contribution in [0.25, 0.3) is 6.08 Å². The number of nitrogens with zero attached hydrogens (tertiary/aromatic N) is 2. The van der Waals surface area contributed by atoms with Crippen molar-refractivity contribution in [2.24, 2.45) is 4.99 Å². The molecule has 0 radical (unpaired) electrons. The molecular formula is C23H18Cl2N2O4S. The molecule has 0 N–H and O–H groups in total. The topological polar surface area (TPSA) is 69.9 Å². The predicted octanol–water partition coefficient (Wildman–Crippen LogP) is 3.72. The van der Waals surface area contributed by atoms with Crippen molar-refractivity contribution in [3.05, 3.63) is 94.6 Å². The highest BCUT2D eigenvalue weighted by molar-refractivity contribution is 7.07. The van der Waals surface area contributed by atoms with Gasteiger partial charge in [-0.1, -0.05) is 52.7 Å². The molecule has 9 heteroatoms. The van der Waals surface area contributed by atoms with Crippen LogP contribution < -0.4 is 19.6 Å². The monoisotopic (exact) mass is 488 g/mol. The normalized spacial score (nSPS) is 15.9. The van der Waals surface area contributed by atoms with Gasteiger partial charge in [0.1, 0.15) is 5.75 Å². The fourth-order valence-electron chi connectivity index (χ4n) is 3.55. The third-order valence-corrected chi connectivity index (χ3v) is 6.65. The first-order chi connectivity index (χ1) is 15.3. The molecule has 0 unspecified atom stereocenters. The van der Waals surface area contributed by atoms with Crippen LogP contribution in [0.3, 0.4) is 0 Å². The molecule has 0 spiro atoms. The number of carbonyl (C=O) groups excluding carboxylic acids is 1. The van der Waals surface area contributed by atoms with E-state index in [0.717, 1.165) is 5.56 Å². The largest absolute Gasteiger partial charge is 0.497 e. The molecule has 0 aliphatic carbocycles. The minimum atomic E-state index is -0.688. The van der Waals surface area contributed by atoms with Crippen LogP contribution in [0.2, 0.25) is 10.0 Å². The van der Waals surface area contributed by atoms with Crippen LogP contribution in [0, 0.1) is 0 Å². The maximum absolute atomic E-state index is 13.5. The molecule has 164 valence electrons. The van der Waals surface area contributed by atoms with Gasteiger partial charge in [-0.25, -0.2) is 9.79 Å². The smallest absolute Gasteiger partial charge is 0.338 e. The first kappa shape index (κ1) is 22.3. The van der Waals surface area contributed by atoms with Gasteiger partial charge in [-0.3, -0.25) is 9.36 Å². The number of carbonyl (C=O) groups is 1. The number of halogens is 2. The van der Waals surface area contributed by atoms with E-state index in [-0.39, 0.29) is 5.56 Å². The van der Waals surface area contributed by atoms with Crippen molar-refractivity contribution in [1.82, 2.24) is 4.57 Å². The number of hydrogen-bond acceptors (Lipinski definition) is 6. The second-order valence-corrected chi connectivity index (χ2v) is 8.87. The molecule has 3 aromatic rings. The van der Waals surface area contributed by atoms with Crippen molar-refractivity contribution in [1.29, 1.82) is 0 Å². The summed E-state index contributed by atoms with van der Waals surface area (Å²) in [6.07, 6.45) is 1.70. The van der Waals surface area contributed by atoms with E-state index in [1.54, 1.807) is 50.4 Å². The molecule has 2 aromatic carbocycles. The van der Waals surface area contributed by atoms with Crippen LogP contribution in [0.1, 0.15) is 24.1 Å². The lowest BCUT2D eigenvalue weighted by molar-refractivity contribution is -0.136. The van der Waals surface area contributed by atoms with Gasteiger partial charge in [0.25, 0.3) is 5.56 Å². The van der Waals surface area contributed by atoms with Gasteiger partial charge in [-0.05, 0) is 48.4 Å². The maximum Gasteiger partial charge on any atom is 0.338 e. The van der Waals surface area contributed by atoms with E-state index in [2.05, 4.69) is 4.99 Å². The summed E-state index contributed by atoms with van der Waals surface area (Å²) in [6.45, 7) is 1.73. The molecule has 0 saturated heterocycles. The number of aromatic nitrogens is 1. The zero-order valence-corrected chi connectivity index (χ0v) is 19.7. The summed E-state index contributed by atoms with van der Waals surface area (Å²) in [6, 6.07) is 11.6. The van der Waals surface area contributed by atoms with Crippen molar-refractivity contribution in [3.8, 4) is 5.75 Å². The van der Waals surface area contributed by atoms with Gasteiger partial charge in [0, 0.05) is 10.0 Å². The minimum Gasteiger partial charge on any atom is -0.497 e. The van der Waals surface area contributed by atoms with Crippen LogP contribution in [-0.2, 0) is 9.53 Å². The molecule has 1 atom stereocenters. The number of hydrogen-bond donors (Lipinski definition) is 0. The highest BCUT2D eigenvalue weighted by atomic mass is 35.5. The van der Waals surface area contributed by atoms with Crippen LogP contribution in [-0.4, -0.2) is 24.8 Å². The minimum absolute atomic E-state index is 0.283. The Morgan fingerprint density at radius 1 is 1.16 bits per heavy atom. The lowest BCUT2D eigenvalue weighted by Crippen LogP contribution is -2.39. The van der Waals surface area contributed by atoms with Crippen molar-refractivity contribution in [3.63, 3.8) is 0 Å². The molecule has 0 fully saturated rings. The average Bonchev–Trinajstić information content (AvgIpc) is 3.09. The summed E-state index contributed by atoms with van der Waals surface area (Å²) in [5.41, 5.74) is 1.91. The van der Waals surface area contributed by atoms with Gasteiger partial charge in [-0.15, -0.1) is 0 Å². The number of esters is 1. The van der Waals surface area contributed by atoms with Crippen LogP contribution >= 0.6 is 34.5 Å². The molecule has 2 heterocycles. The lowest BCUT2D eigenvalue weighted by atomic mass is 9.96. The molecular weight excluding hydrogens is 471 g/mol. The van der Waals surface area contributed by atoms with E-state index < -0.39 is 12.0 Å². The number of benzene rings is 2. The van der Waals surface area contributed by atoms with Crippen molar-refractivity contribution < 1.29 is 14.3 Å². The number of methoxy groups -OCH3 is 2. The Kier molecular flexibility index (Phi) is 6.24. The van der Waals surface area contributed by atoms with E-state index in [1.807, 2.05) is 12.1 Å². The molecule has 1 aliphatic heterocycles. The van der Waals surface area contributed by atoms with Crippen LogP contribution in [0.5, 0.6) is 5.75 Å². The molecule has 32 heavy (non-hydrogen) atoms. The number of allylic oxidation sites excluding steroid dienone is 1. The first-order valence-electron chi connectivity index (χ1n) is 9.54. The molecule has 4 rings (SSSR count). The van der Waals surface area contributed by atoms with Crippen LogP contribution in [0.15, 0.2) is 63.5 Å². The molecule has 1 aromatic heterocycles. The zero-order valence-electron chi connectivity index (χ0n) is 17.4. The van der Waals surface area contributed by atoms with Gasteiger partial charge in [0.15, 0.2) is 4.80 Å². The Labute approximate surface area is 197 Å². The third kappa shape index (κ3) is 3.99. The summed E-state index contributed by atoms with van der Waals surface area (Å²) in [5.74, 6) is 0.126. The Balaban J connectivity index is 1.96. The molecule has 0 saturated carbocycles. The summed E-state index contributed by atoms with van der Waals surface area (Å²) in [4.78, 5) is 31.2. The summed E-state index contributed by atoms with van der Waals surface area (Å²) in [5, 5.41) is 0.938. The van der Waals surface area contributed by atoms with E-state index in [1.165, 1.54) is 23.0 Å². The summed E-state index contributed by atoms with van der Waals surface area (Å²) in [7, 11) is 2.88. The molecule has 6 nitrogen and oxygen atoms in total. The SMILES string of the molecule is COC(=O)C1=C(C)N=c2s/c(=C/c3ccc(Cl)cc3Cl)c(=O)n2[C@@H]1c1ccc(OC)cc1. The van der Waals surface area contributed by atoms with Crippen molar-refractivity contribution in [2.75, 3.05) is 14.2 Å². The van der Waals surface area contributed by atoms with Crippen molar-refractivity contribution >= 4 is 46.6 Å². The predicted molar refractivity (Wildman–Crippen MR) is 125 cm³/mol. The Hall–Kier alpha value is -2.87. The maximum atomic E-state index is 13.5. The van der Waals surface area contributed by atoms with Gasteiger partial charge in [0.05, 0.1) is 36.1 Å². The van der Waals surface area contributed by atoms with E-state index >= 15 is 0 Å². The van der Waals surface area contributed by atoms with E-state index in [0.29, 0.717) is 42.0 Å². The Morgan fingerprint density at radius 3 is 2.50 bits per heavy atom. The molecule has 0 bridgehead atoms. The second-order valence-electron chi connectivity index (χ2n) is 7.01. The second kappa shape index (κ2) is 8.94. The number of ether oxygens (including phenoxy) is 2. The number of fused-ring (bicyclic) bond motifs is 1. The standard InChI is InChI=1S/C23H18Cl2N2O4S/c1-12-19(22(29)31-3)20(13-5-8-16(30-2)9-6-13)27-21(28)18(32-23(27)26-12)10-14-4-7-15(24)11-17(14)25/h4-11,20H,1-3H3/b18-10+/t20-/m1/s1. The van der Waals surface area contributed by atoms with Gasteiger partial charge >= 0.3 is 5.97 Å². The van der Waals surface area contributed by atoms with E-state index in [4.69, 9.17) is 32.7 Å². The van der Waals surface area contributed by atoms with Crippen LogP contribution in [0.4, 0.5) is 0 Å². The molecule has 0 amide bonds. The quantitative estimate of drug-likeness (QED) is 0.524. The number of rotatable bonds is 4. The number of thiazole rings is 1.